The van der Waals surface area contributed by atoms with Gasteiger partial charge in [0.05, 0.1) is 30.7 Å². The number of rotatable bonds is 5. The minimum absolute atomic E-state index is 0.188. The minimum Gasteiger partial charge on any atom is -0.387 e. The summed E-state index contributed by atoms with van der Waals surface area (Å²) in [6.07, 6.45) is 5.97. The molecule has 4 heterocycles. The zero-order chi connectivity index (χ0) is 18.0. The Morgan fingerprint density at radius 2 is 2.35 bits per heavy atom. The second-order valence-electron chi connectivity index (χ2n) is 7.54. The quantitative estimate of drug-likeness (QED) is 0.831. The van der Waals surface area contributed by atoms with Crippen LogP contribution in [0.3, 0.4) is 0 Å². The summed E-state index contributed by atoms with van der Waals surface area (Å²) in [4.78, 5) is 28.9. The predicted octanol–water partition coefficient (Wildman–Crippen LogP) is 0.659. The van der Waals surface area contributed by atoms with E-state index < -0.39 is 0 Å². The van der Waals surface area contributed by atoms with Crippen molar-refractivity contribution in [3.63, 3.8) is 0 Å². The van der Waals surface area contributed by atoms with Gasteiger partial charge in [-0.2, -0.15) is 0 Å². The average Bonchev–Trinajstić information content (AvgIpc) is 3.38. The molecule has 8 nitrogen and oxygen atoms in total. The Balaban J connectivity index is 1.26. The number of aryl methyl sites for hydroxylation is 1. The Kier molecular flexibility index (Phi) is 4.86. The lowest BCUT2D eigenvalue weighted by Crippen LogP contribution is -2.38. The van der Waals surface area contributed by atoms with E-state index in [-0.39, 0.29) is 11.5 Å². The fourth-order valence-electron chi connectivity index (χ4n) is 3.82. The zero-order valence-electron chi connectivity index (χ0n) is 15.1. The van der Waals surface area contributed by atoms with Gasteiger partial charge in [0.25, 0.3) is 5.91 Å². The van der Waals surface area contributed by atoms with E-state index in [4.69, 9.17) is 9.57 Å². The molecule has 1 amide bonds. The van der Waals surface area contributed by atoms with Crippen LogP contribution in [0.15, 0.2) is 17.5 Å². The van der Waals surface area contributed by atoms with Gasteiger partial charge in [0.1, 0.15) is 5.71 Å². The number of amides is 1. The van der Waals surface area contributed by atoms with Gasteiger partial charge in [-0.3, -0.25) is 19.7 Å². The number of carbonyl (C=O) groups excluding carboxylic acids is 1. The summed E-state index contributed by atoms with van der Waals surface area (Å²) in [5.74, 6) is 0.428. The molecule has 0 radical (unpaired) electrons. The Morgan fingerprint density at radius 3 is 3.12 bits per heavy atom. The molecule has 1 spiro atoms. The SMILES string of the molecule is Cc1cnc(CNC(=O)C2=NOC3(CCN(CC4CCOC4)C3)C2)cn1. The summed E-state index contributed by atoms with van der Waals surface area (Å²) in [5.41, 5.74) is 1.71. The van der Waals surface area contributed by atoms with Crippen LogP contribution in [0.5, 0.6) is 0 Å². The molecule has 2 atom stereocenters. The number of oxime groups is 1. The summed E-state index contributed by atoms with van der Waals surface area (Å²) in [6.45, 7) is 6.80. The van der Waals surface area contributed by atoms with E-state index in [9.17, 15) is 4.79 Å². The zero-order valence-corrected chi connectivity index (χ0v) is 15.1. The van der Waals surface area contributed by atoms with Crippen LogP contribution in [-0.2, 0) is 20.9 Å². The maximum absolute atomic E-state index is 12.4. The molecule has 1 aromatic rings. The van der Waals surface area contributed by atoms with Crippen LogP contribution in [0.2, 0.25) is 0 Å². The van der Waals surface area contributed by atoms with E-state index in [1.807, 2.05) is 6.92 Å². The van der Waals surface area contributed by atoms with Gasteiger partial charge in [-0.15, -0.1) is 0 Å². The Bertz CT molecular complexity index is 687. The molecule has 0 saturated carbocycles. The molecular weight excluding hydrogens is 334 g/mol. The molecule has 8 heteroatoms. The highest BCUT2D eigenvalue weighted by atomic mass is 16.7. The summed E-state index contributed by atoms with van der Waals surface area (Å²) in [5, 5.41) is 6.94. The number of nitrogens with zero attached hydrogens (tertiary/aromatic N) is 4. The number of hydrogen-bond donors (Lipinski definition) is 1. The maximum Gasteiger partial charge on any atom is 0.269 e. The summed E-state index contributed by atoms with van der Waals surface area (Å²) >= 11 is 0. The van der Waals surface area contributed by atoms with Crippen LogP contribution in [0.1, 0.15) is 30.7 Å². The normalized spacial score (nSPS) is 28.3. The molecule has 2 saturated heterocycles. The molecule has 0 aromatic carbocycles. The Morgan fingerprint density at radius 1 is 1.42 bits per heavy atom. The fourth-order valence-corrected chi connectivity index (χ4v) is 3.82. The number of likely N-dealkylation sites (tertiary alicyclic amines) is 1. The minimum atomic E-state index is -0.338. The van der Waals surface area contributed by atoms with Crippen molar-refractivity contribution in [3.05, 3.63) is 23.8 Å². The van der Waals surface area contributed by atoms with E-state index in [0.29, 0.717) is 24.6 Å². The summed E-state index contributed by atoms with van der Waals surface area (Å²) < 4.78 is 5.46. The van der Waals surface area contributed by atoms with Crippen LogP contribution < -0.4 is 5.32 Å². The number of hydrogen-bond acceptors (Lipinski definition) is 7. The van der Waals surface area contributed by atoms with Gasteiger partial charge >= 0.3 is 0 Å². The lowest BCUT2D eigenvalue weighted by atomic mass is 9.96. The van der Waals surface area contributed by atoms with E-state index in [2.05, 4.69) is 25.3 Å². The van der Waals surface area contributed by atoms with E-state index in [1.54, 1.807) is 12.4 Å². The third kappa shape index (κ3) is 3.86. The average molecular weight is 359 g/mol. The molecule has 140 valence electrons. The molecule has 1 aromatic heterocycles. The molecule has 2 fully saturated rings. The highest BCUT2D eigenvalue weighted by molar-refractivity contribution is 6.39. The number of nitrogens with one attached hydrogen (secondary N) is 1. The van der Waals surface area contributed by atoms with Crippen molar-refractivity contribution in [1.29, 1.82) is 0 Å². The van der Waals surface area contributed by atoms with Crippen molar-refractivity contribution < 1.29 is 14.4 Å². The van der Waals surface area contributed by atoms with Crippen molar-refractivity contribution in [2.75, 3.05) is 32.8 Å². The van der Waals surface area contributed by atoms with Crippen molar-refractivity contribution in [2.45, 2.75) is 38.3 Å². The first-order chi connectivity index (χ1) is 12.6. The van der Waals surface area contributed by atoms with Gasteiger partial charge in [-0.1, -0.05) is 5.16 Å². The fraction of sp³-hybridized carbons (Fsp3) is 0.667. The molecule has 3 aliphatic rings. The highest BCUT2D eigenvalue weighted by Crippen LogP contribution is 2.34. The smallest absolute Gasteiger partial charge is 0.269 e. The monoisotopic (exact) mass is 359 g/mol. The third-order valence-electron chi connectivity index (χ3n) is 5.30. The van der Waals surface area contributed by atoms with Crippen molar-refractivity contribution in [1.82, 2.24) is 20.2 Å². The van der Waals surface area contributed by atoms with Gasteiger partial charge in [0.2, 0.25) is 0 Å². The summed E-state index contributed by atoms with van der Waals surface area (Å²) in [7, 11) is 0. The van der Waals surface area contributed by atoms with Gasteiger partial charge in [0, 0.05) is 45.3 Å². The standard InChI is InChI=1S/C18H25N5O3/c1-13-7-20-15(8-19-13)9-21-17(24)16-6-18(26-22-16)3-4-23(12-18)10-14-2-5-25-11-14/h7-8,14H,2-6,9-12H2,1H3,(H,21,24). The van der Waals surface area contributed by atoms with Crippen molar-refractivity contribution >= 4 is 11.6 Å². The lowest BCUT2D eigenvalue weighted by molar-refractivity contribution is -0.115. The number of ether oxygens (including phenoxy) is 1. The maximum atomic E-state index is 12.4. The molecule has 0 aliphatic carbocycles. The first kappa shape index (κ1) is 17.4. The molecule has 1 N–H and O–H groups in total. The molecule has 26 heavy (non-hydrogen) atoms. The van der Waals surface area contributed by atoms with Crippen LogP contribution in [0, 0.1) is 12.8 Å². The number of aromatic nitrogens is 2. The second kappa shape index (κ2) is 7.28. The lowest BCUT2D eigenvalue weighted by Gasteiger charge is -2.23. The van der Waals surface area contributed by atoms with Gasteiger partial charge in [0.15, 0.2) is 5.60 Å². The van der Waals surface area contributed by atoms with Crippen molar-refractivity contribution in [2.24, 2.45) is 11.1 Å². The third-order valence-corrected chi connectivity index (χ3v) is 5.30. The Hall–Kier alpha value is -2.06. The second-order valence-corrected chi connectivity index (χ2v) is 7.54. The van der Waals surface area contributed by atoms with Gasteiger partial charge in [-0.05, 0) is 19.3 Å². The largest absolute Gasteiger partial charge is 0.387 e. The highest BCUT2D eigenvalue weighted by Gasteiger charge is 2.46. The van der Waals surface area contributed by atoms with E-state index in [0.717, 1.165) is 57.1 Å². The topological polar surface area (TPSA) is 88.9 Å². The van der Waals surface area contributed by atoms with Crippen LogP contribution in [0.4, 0.5) is 0 Å². The van der Waals surface area contributed by atoms with Crippen molar-refractivity contribution in [3.8, 4) is 0 Å². The molecular formula is C18H25N5O3. The Labute approximate surface area is 153 Å². The molecule has 2 unspecified atom stereocenters. The molecule has 4 rings (SSSR count). The number of carbonyl (C=O) groups is 1. The van der Waals surface area contributed by atoms with Crippen LogP contribution in [0.25, 0.3) is 0 Å². The first-order valence-corrected chi connectivity index (χ1v) is 9.23. The summed E-state index contributed by atoms with van der Waals surface area (Å²) in [6, 6.07) is 0. The van der Waals surface area contributed by atoms with Crippen LogP contribution >= 0.6 is 0 Å². The van der Waals surface area contributed by atoms with E-state index >= 15 is 0 Å². The van der Waals surface area contributed by atoms with Gasteiger partial charge < -0.3 is 14.9 Å². The molecule has 0 bridgehead atoms. The van der Waals surface area contributed by atoms with Gasteiger partial charge in [-0.25, -0.2) is 0 Å². The van der Waals surface area contributed by atoms with Crippen LogP contribution in [-0.4, -0.2) is 64.9 Å². The predicted molar refractivity (Wildman–Crippen MR) is 94.5 cm³/mol. The first-order valence-electron chi connectivity index (χ1n) is 9.23. The molecule has 3 aliphatic heterocycles. The van der Waals surface area contributed by atoms with E-state index in [1.165, 1.54) is 0 Å².